The molecule has 1 N–H and O–H groups in total. The second kappa shape index (κ2) is 9.76. The zero-order valence-electron chi connectivity index (χ0n) is 20.9. The number of sulfonamides is 1. The van der Waals surface area contributed by atoms with Gasteiger partial charge in [-0.3, -0.25) is 4.90 Å². The Balaban J connectivity index is 1.27. The Morgan fingerprint density at radius 2 is 1.65 bits per heavy atom. The molecule has 0 aromatic heterocycles. The number of aliphatic hydroxyl groups excluding tert-OH is 1. The maximum atomic E-state index is 13.7. The molecule has 8 heteroatoms. The third kappa shape index (κ3) is 4.32. The van der Waals surface area contributed by atoms with Crippen molar-refractivity contribution in [1.29, 1.82) is 0 Å². The maximum Gasteiger partial charge on any atom is 0.243 e. The fourth-order valence-electron chi connectivity index (χ4n) is 6.09. The summed E-state index contributed by atoms with van der Waals surface area (Å²) < 4.78 is 39.9. The minimum absolute atomic E-state index is 0.0116. The Morgan fingerprint density at radius 3 is 2.43 bits per heavy atom. The van der Waals surface area contributed by atoms with Crippen LogP contribution < -0.4 is 9.47 Å². The van der Waals surface area contributed by atoms with Crippen LogP contribution in [0, 0.1) is 6.92 Å². The number of hydrogen-bond acceptors (Lipinski definition) is 6. The van der Waals surface area contributed by atoms with Crippen molar-refractivity contribution in [2.45, 2.75) is 42.7 Å². The van der Waals surface area contributed by atoms with Gasteiger partial charge in [-0.15, -0.1) is 0 Å². The number of hydrogen-bond donors (Lipinski definition) is 1. The molecule has 0 saturated carbocycles. The summed E-state index contributed by atoms with van der Waals surface area (Å²) in [6.45, 7) is 3.95. The van der Waals surface area contributed by atoms with Crippen LogP contribution in [0.25, 0.3) is 11.1 Å². The van der Waals surface area contributed by atoms with Crippen LogP contribution in [0.15, 0.2) is 71.6 Å². The summed E-state index contributed by atoms with van der Waals surface area (Å²) in [6, 6.07) is 21.6. The monoisotopic (exact) mass is 520 g/mol. The minimum atomic E-state index is -3.61. The van der Waals surface area contributed by atoms with Gasteiger partial charge in [0.15, 0.2) is 11.5 Å². The maximum absolute atomic E-state index is 13.7. The fourth-order valence-corrected chi connectivity index (χ4v) is 7.81. The molecule has 1 unspecified atom stereocenters. The van der Waals surface area contributed by atoms with Crippen LogP contribution in [-0.2, 0) is 10.0 Å². The number of benzene rings is 3. The summed E-state index contributed by atoms with van der Waals surface area (Å²) in [7, 11) is -3.61. The molecule has 3 aromatic carbocycles. The molecule has 0 spiro atoms. The Hall–Kier alpha value is -2.91. The molecule has 0 radical (unpaired) electrons. The lowest BCUT2D eigenvalue weighted by molar-refractivity contribution is -0.0553. The van der Waals surface area contributed by atoms with Gasteiger partial charge in [0.05, 0.1) is 11.5 Å². The van der Waals surface area contributed by atoms with Crippen LogP contribution in [-0.4, -0.2) is 67.8 Å². The Morgan fingerprint density at radius 1 is 0.919 bits per heavy atom. The standard InChI is InChI=1S/C29H32N2O5S/c1-20-6-2-3-7-28(20)37(33,34)30-14-4-5-15-31-24(17-30)29(25(31)18-32)22-10-8-21(9-11-22)23-12-13-26-27(16-23)36-19-35-26/h2-3,6-13,16,24-25,29,32H,4-5,14-15,17-19H2,1H3/t24?,25-,29+/m1/s1. The summed E-state index contributed by atoms with van der Waals surface area (Å²) in [5.74, 6) is 1.57. The molecular formula is C29H32N2O5S. The molecule has 3 aliphatic heterocycles. The van der Waals surface area contributed by atoms with Gasteiger partial charge in [0.25, 0.3) is 0 Å². The van der Waals surface area contributed by atoms with Crippen LogP contribution in [0.5, 0.6) is 11.5 Å². The zero-order chi connectivity index (χ0) is 25.6. The van der Waals surface area contributed by atoms with Crippen molar-refractivity contribution in [3.05, 3.63) is 77.9 Å². The van der Waals surface area contributed by atoms with E-state index in [0.29, 0.717) is 18.0 Å². The summed E-state index contributed by atoms with van der Waals surface area (Å²) in [5, 5.41) is 10.3. The van der Waals surface area contributed by atoms with Crippen LogP contribution in [0.4, 0.5) is 0 Å². The summed E-state index contributed by atoms with van der Waals surface area (Å²) >= 11 is 0. The normalized spacial score (nSPS) is 24.1. The van der Waals surface area contributed by atoms with Crippen LogP contribution in [0.2, 0.25) is 0 Å². The van der Waals surface area contributed by atoms with Crippen LogP contribution in [0.3, 0.4) is 0 Å². The van der Waals surface area contributed by atoms with Crippen molar-refractivity contribution < 1.29 is 23.0 Å². The molecule has 7 nitrogen and oxygen atoms in total. The van der Waals surface area contributed by atoms with Gasteiger partial charge in [-0.2, -0.15) is 4.31 Å². The molecule has 2 saturated heterocycles. The van der Waals surface area contributed by atoms with Gasteiger partial charge in [0.1, 0.15) is 0 Å². The van der Waals surface area contributed by atoms with E-state index in [4.69, 9.17) is 9.47 Å². The van der Waals surface area contributed by atoms with Crippen molar-refractivity contribution in [2.24, 2.45) is 0 Å². The van der Waals surface area contributed by atoms with Gasteiger partial charge in [0.2, 0.25) is 16.8 Å². The average molecular weight is 521 g/mol. The highest BCUT2D eigenvalue weighted by Gasteiger charge is 2.50. The summed E-state index contributed by atoms with van der Waals surface area (Å²) in [6.07, 6.45) is 1.71. The number of nitrogens with zero attached hydrogens (tertiary/aromatic N) is 2. The van der Waals surface area contributed by atoms with Crippen molar-refractivity contribution in [3.8, 4) is 22.6 Å². The predicted octanol–water partition coefficient (Wildman–Crippen LogP) is 4.00. The molecule has 3 atom stereocenters. The lowest BCUT2D eigenvalue weighted by Crippen LogP contribution is -2.67. The lowest BCUT2D eigenvalue weighted by Gasteiger charge is -2.57. The Bertz CT molecular complexity index is 1390. The fraction of sp³-hybridized carbons (Fsp3) is 0.379. The molecule has 2 fully saturated rings. The molecule has 3 heterocycles. The predicted molar refractivity (Wildman–Crippen MR) is 141 cm³/mol. The topological polar surface area (TPSA) is 79.3 Å². The van der Waals surface area contributed by atoms with E-state index in [1.807, 2.05) is 37.3 Å². The average Bonchev–Trinajstić information content (AvgIpc) is 3.36. The number of aryl methyl sites for hydroxylation is 1. The SMILES string of the molecule is Cc1ccccc1S(=O)(=O)N1CCCCN2C(C1)[C@H](c1ccc(-c3ccc4c(c3)OCO4)cc1)[C@H]2CO. The second-order valence-electron chi connectivity index (χ2n) is 10.1. The highest BCUT2D eigenvalue weighted by Crippen LogP contribution is 2.43. The third-order valence-electron chi connectivity index (χ3n) is 8.05. The van der Waals surface area contributed by atoms with E-state index in [9.17, 15) is 13.5 Å². The van der Waals surface area contributed by atoms with Crippen molar-refractivity contribution >= 4 is 10.0 Å². The van der Waals surface area contributed by atoms with E-state index in [1.165, 1.54) is 0 Å². The highest BCUT2D eigenvalue weighted by atomic mass is 32.2. The Kier molecular flexibility index (Phi) is 6.44. The van der Waals surface area contributed by atoms with Gasteiger partial charge in [0, 0.05) is 31.1 Å². The Labute approximate surface area is 218 Å². The van der Waals surface area contributed by atoms with E-state index in [0.717, 1.165) is 53.1 Å². The molecule has 0 bridgehead atoms. The largest absolute Gasteiger partial charge is 0.454 e. The van der Waals surface area contributed by atoms with E-state index < -0.39 is 10.0 Å². The first-order valence-corrected chi connectivity index (χ1v) is 14.3. The summed E-state index contributed by atoms with van der Waals surface area (Å²) in [4.78, 5) is 2.68. The van der Waals surface area contributed by atoms with E-state index >= 15 is 0 Å². The number of ether oxygens (including phenoxy) is 2. The van der Waals surface area contributed by atoms with Gasteiger partial charge in [-0.05, 0) is 66.8 Å². The van der Waals surface area contributed by atoms with Crippen LogP contribution >= 0.6 is 0 Å². The quantitative estimate of drug-likeness (QED) is 0.548. The zero-order valence-corrected chi connectivity index (χ0v) is 21.7. The molecule has 194 valence electrons. The van der Waals surface area contributed by atoms with Crippen LogP contribution in [0.1, 0.15) is 29.9 Å². The van der Waals surface area contributed by atoms with Crippen molar-refractivity contribution in [2.75, 3.05) is 33.0 Å². The van der Waals surface area contributed by atoms with Crippen molar-refractivity contribution in [3.63, 3.8) is 0 Å². The highest BCUT2D eigenvalue weighted by molar-refractivity contribution is 7.89. The molecule has 37 heavy (non-hydrogen) atoms. The molecular weight excluding hydrogens is 488 g/mol. The third-order valence-corrected chi connectivity index (χ3v) is 10.1. The first-order chi connectivity index (χ1) is 18.0. The van der Waals surface area contributed by atoms with Crippen molar-refractivity contribution in [1.82, 2.24) is 9.21 Å². The minimum Gasteiger partial charge on any atom is -0.454 e. The molecule has 0 aliphatic carbocycles. The number of fused-ring (bicyclic) bond motifs is 2. The van der Waals surface area contributed by atoms with E-state index in [2.05, 4.69) is 29.2 Å². The smallest absolute Gasteiger partial charge is 0.243 e. The van der Waals surface area contributed by atoms with Gasteiger partial charge < -0.3 is 14.6 Å². The number of aliphatic hydroxyl groups is 1. The molecule has 3 aliphatic rings. The number of rotatable bonds is 5. The van der Waals surface area contributed by atoms with Gasteiger partial charge in [-0.1, -0.05) is 48.5 Å². The molecule has 3 aromatic rings. The van der Waals surface area contributed by atoms with Gasteiger partial charge in [-0.25, -0.2) is 8.42 Å². The van der Waals surface area contributed by atoms with E-state index in [-0.39, 0.29) is 31.4 Å². The molecule has 0 amide bonds. The van der Waals surface area contributed by atoms with Gasteiger partial charge >= 0.3 is 0 Å². The molecule has 6 rings (SSSR count). The second-order valence-corrected chi connectivity index (χ2v) is 12.0. The summed E-state index contributed by atoms with van der Waals surface area (Å²) in [5.41, 5.74) is 4.00. The lowest BCUT2D eigenvalue weighted by atomic mass is 9.74. The van der Waals surface area contributed by atoms with E-state index in [1.54, 1.807) is 16.4 Å². The first-order valence-electron chi connectivity index (χ1n) is 12.9. The first kappa shape index (κ1) is 24.4.